The molecule has 0 aliphatic carbocycles. The highest BCUT2D eigenvalue weighted by molar-refractivity contribution is 5.95. The van der Waals surface area contributed by atoms with E-state index in [2.05, 4.69) is 0 Å². The number of carbonyl (C=O) groups is 1. The lowest BCUT2D eigenvalue weighted by molar-refractivity contribution is 0.0741. The predicted octanol–water partition coefficient (Wildman–Crippen LogP) is 1.70. The summed E-state index contributed by atoms with van der Waals surface area (Å²) in [7, 11) is 0. The summed E-state index contributed by atoms with van der Waals surface area (Å²) in [6, 6.07) is 6.09. The van der Waals surface area contributed by atoms with Crippen LogP contribution < -0.4 is 5.73 Å². The Kier molecular flexibility index (Phi) is 4.45. The van der Waals surface area contributed by atoms with Crippen molar-refractivity contribution in [2.24, 2.45) is 5.73 Å². The summed E-state index contributed by atoms with van der Waals surface area (Å²) in [6.07, 6.45) is 2.08. The average molecular weight is 283 g/mol. The summed E-state index contributed by atoms with van der Waals surface area (Å²) in [5.74, 6) is 0.109. The molecular weight excluding hydrogens is 264 g/mol. The Balaban J connectivity index is 0.00000133. The SMILES string of the molecule is Cl.NCC1CCCN1C(=O)c1ccc2c(c1)COC2. The number of carbonyl (C=O) groups excluding carboxylic acids is 1. The molecule has 19 heavy (non-hydrogen) atoms. The van der Waals surface area contributed by atoms with Gasteiger partial charge >= 0.3 is 0 Å². The number of hydrogen-bond acceptors (Lipinski definition) is 3. The molecule has 1 atom stereocenters. The summed E-state index contributed by atoms with van der Waals surface area (Å²) in [5.41, 5.74) is 8.82. The fourth-order valence-electron chi connectivity index (χ4n) is 2.82. The largest absolute Gasteiger partial charge is 0.372 e. The predicted molar refractivity (Wildman–Crippen MR) is 75.3 cm³/mol. The van der Waals surface area contributed by atoms with Crippen molar-refractivity contribution >= 4 is 18.3 Å². The van der Waals surface area contributed by atoms with Gasteiger partial charge in [0, 0.05) is 24.7 Å². The maximum absolute atomic E-state index is 12.4. The summed E-state index contributed by atoms with van der Waals surface area (Å²) in [6.45, 7) is 2.67. The highest BCUT2D eigenvalue weighted by atomic mass is 35.5. The van der Waals surface area contributed by atoms with E-state index < -0.39 is 0 Å². The molecular formula is C14H19ClN2O2. The second kappa shape index (κ2) is 5.90. The van der Waals surface area contributed by atoms with Crippen molar-refractivity contribution in [1.82, 2.24) is 4.90 Å². The number of halogens is 1. The molecule has 0 bridgehead atoms. The van der Waals surface area contributed by atoms with E-state index in [9.17, 15) is 4.79 Å². The molecule has 2 heterocycles. The highest BCUT2D eigenvalue weighted by Gasteiger charge is 2.28. The third-order valence-corrected chi connectivity index (χ3v) is 3.88. The van der Waals surface area contributed by atoms with Gasteiger partial charge in [-0.3, -0.25) is 4.79 Å². The van der Waals surface area contributed by atoms with Crippen LogP contribution in [0.25, 0.3) is 0 Å². The molecule has 2 N–H and O–H groups in total. The first-order valence-electron chi connectivity index (χ1n) is 6.50. The van der Waals surface area contributed by atoms with Gasteiger partial charge in [-0.2, -0.15) is 0 Å². The molecule has 4 nitrogen and oxygen atoms in total. The number of nitrogens with zero attached hydrogens (tertiary/aromatic N) is 1. The molecule has 0 saturated carbocycles. The molecule has 104 valence electrons. The number of amides is 1. The molecule has 0 radical (unpaired) electrons. The third kappa shape index (κ3) is 2.61. The molecule has 1 fully saturated rings. The molecule has 1 aromatic carbocycles. The number of nitrogens with two attached hydrogens (primary N) is 1. The third-order valence-electron chi connectivity index (χ3n) is 3.88. The van der Waals surface area contributed by atoms with Crippen molar-refractivity contribution in [2.45, 2.75) is 32.1 Å². The Bertz CT molecular complexity index is 479. The normalized spacial score (nSPS) is 21.1. The Labute approximate surface area is 119 Å². The van der Waals surface area contributed by atoms with E-state index in [1.165, 1.54) is 5.56 Å². The van der Waals surface area contributed by atoms with Crippen LogP contribution in [0.4, 0.5) is 0 Å². The fourth-order valence-corrected chi connectivity index (χ4v) is 2.82. The Morgan fingerprint density at radius 3 is 2.95 bits per heavy atom. The zero-order chi connectivity index (χ0) is 12.5. The van der Waals surface area contributed by atoms with Crippen LogP contribution in [0.3, 0.4) is 0 Å². The van der Waals surface area contributed by atoms with Crippen LogP contribution in [0.5, 0.6) is 0 Å². The van der Waals surface area contributed by atoms with Crippen LogP contribution in [0.15, 0.2) is 18.2 Å². The Morgan fingerprint density at radius 2 is 2.16 bits per heavy atom. The van der Waals surface area contributed by atoms with E-state index in [4.69, 9.17) is 10.5 Å². The maximum atomic E-state index is 12.4. The first-order valence-corrected chi connectivity index (χ1v) is 6.50. The highest BCUT2D eigenvalue weighted by Crippen LogP contribution is 2.24. The number of likely N-dealkylation sites (tertiary alicyclic amines) is 1. The van der Waals surface area contributed by atoms with Gasteiger partial charge in [0.15, 0.2) is 0 Å². The zero-order valence-corrected chi connectivity index (χ0v) is 11.6. The summed E-state index contributed by atoms with van der Waals surface area (Å²) in [4.78, 5) is 14.4. The molecule has 3 rings (SSSR count). The van der Waals surface area contributed by atoms with Gasteiger partial charge in [0.25, 0.3) is 5.91 Å². The van der Waals surface area contributed by atoms with Gasteiger partial charge in [-0.25, -0.2) is 0 Å². The summed E-state index contributed by atoms with van der Waals surface area (Å²) in [5, 5.41) is 0. The summed E-state index contributed by atoms with van der Waals surface area (Å²) >= 11 is 0. The molecule has 0 aromatic heterocycles. The van der Waals surface area contributed by atoms with Crippen LogP contribution in [-0.2, 0) is 18.0 Å². The zero-order valence-electron chi connectivity index (χ0n) is 10.8. The van der Waals surface area contributed by atoms with Crippen molar-refractivity contribution in [1.29, 1.82) is 0 Å². The van der Waals surface area contributed by atoms with Crippen LogP contribution in [-0.4, -0.2) is 29.9 Å². The summed E-state index contributed by atoms with van der Waals surface area (Å²) < 4.78 is 5.37. The van der Waals surface area contributed by atoms with E-state index in [1.54, 1.807) is 0 Å². The minimum atomic E-state index is 0. The van der Waals surface area contributed by atoms with Gasteiger partial charge in [0.2, 0.25) is 0 Å². The monoisotopic (exact) mass is 282 g/mol. The van der Waals surface area contributed by atoms with Crippen LogP contribution >= 0.6 is 12.4 Å². The minimum absolute atomic E-state index is 0. The van der Waals surface area contributed by atoms with Gasteiger partial charge in [-0.15, -0.1) is 12.4 Å². The van der Waals surface area contributed by atoms with Crippen molar-refractivity contribution in [3.63, 3.8) is 0 Å². The van der Waals surface area contributed by atoms with Crippen molar-refractivity contribution in [3.8, 4) is 0 Å². The van der Waals surface area contributed by atoms with Crippen LogP contribution in [0.1, 0.15) is 34.3 Å². The molecule has 2 aliphatic heterocycles. The van der Waals surface area contributed by atoms with E-state index in [0.717, 1.165) is 30.5 Å². The minimum Gasteiger partial charge on any atom is -0.372 e. The topological polar surface area (TPSA) is 55.6 Å². The van der Waals surface area contributed by atoms with Gasteiger partial charge < -0.3 is 15.4 Å². The molecule has 5 heteroatoms. The van der Waals surface area contributed by atoms with E-state index in [-0.39, 0.29) is 24.4 Å². The van der Waals surface area contributed by atoms with Crippen LogP contribution in [0, 0.1) is 0 Å². The number of fused-ring (bicyclic) bond motifs is 1. The van der Waals surface area contributed by atoms with E-state index in [1.807, 2.05) is 23.1 Å². The smallest absolute Gasteiger partial charge is 0.254 e. The molecule has 0 spiro atoms. The lowest BCUT2D eigenvalue weighted by Gasteiger charge is -2.23. The maximum Gasteiger partial charge on any atom is 0.254 e. The van der Waals surface area contributed by atoms with E-state index >= 15 is 0 Å². The van der Waals surface area contributed by atoms with Gasteiger partial charge in [-0.1, -0.05) is 6.07 Å². The second-order valence-corrected chi connectivity index (χ2v) is 5.01. The number of ether oxygens (including phenoxy) is 1. The molecule has 1 amide bonds. The van der Waals surface area contributed by atoms with E-state index in [0.29, 0.717) is 19.8 Å². The second-order valence-electron chi connectivity index (χ2n) is 5.01. The van der Waals surface area contributed by atoms with Gasteiger partial charge in [0.05, 0.1) is 13.2 Å². The quantitative estimate of drug-likeness (QED) is 0.898. The number of benzene rings is 1. The van der Waals surface area contributed by atoms with Gasteiger partial charge in [-0.05, 0) is 36.1 Å². The first kappa shape index (κ1) is 14.3. The standard InChI is InChI=1S/C14H18N2O2.ClH/c15-7-13-2-1-5-16(13)14(17)10-3-4-11-8-18-9-12(11)6-10;/h3-4,6,13H,1-2,5,7-9,15H2;1H. The molecule has 1 unspecified atom stereocenters. The number of hydrogen-bond donors (Lipinski definition) is 1. The lowest BCUT2D eigenvalue weighted by Crippen LogP contribution is -2.39. The molecule has 1 aromatic rings. The Hall–Kier alpha value is -1.10. The van der Waals surface area contributed by atoms with Crippen molar-refractivity contribution in [3.05, 3.63) is 34.9 Å². The van der Waals surface area contributed by atoms with Crippen molar-refractivity contribution in [2.75, 3.05) is 13.1 Å². The number of rotatable bonds is 2. The van der Waals surface area contributed by atoms with Crippen LogP contribution in [0.2, 0.25) is 0 Å². The lowest BCUT2D eigenvalue weighted by atomic mass is 10.1. The first-order chi connectivity index (χ1) is 8.79. The van der Waals surface area contributed by atoms with Gasteiger partial charge in [0.1, 0.15) is 0 Å². The molecule has 2 aliphatic rings. The molecule has 1 saturated heterocycles. The Morgan fingerprint density at radius 1 is 1.37 bits per heavy atom. The fraction of sp³-hybridized carbons (Fsp3) is 0.500. The van der Waals surface area contributed by atoms with Crippen molar-refractivity contribution < 1.29 is 9.53 Å². The average Bonchev–Trinajstić information content (AvgIpc) is 3.05.